The van der Waals surface area contributed by atoms with Crippen LogP contribution in [0.5, 0.6) is 5.75 Å². The lowest BCUT2D eigenvalue weighted by molar-refractivity contribution is 0.416. The van der Waals surface area contributed by atoms with Crippen LogP contribution in [0.15, 0.2) is 23.7 Å². The molecule has 0 aliphatic heterocycles. The van der Waals surface area contributed by atoms with Crippen LogP contribution in [0, 0.1) is 13.8 Å². The molecule has 2 aromatic rings. The molecular weight excluding hydrogens is 206 g/mol. The molecule has 0 atom stereocenters. The average Bonchev–Trinajstić information content (AvgIpc) is 2.74. The molecule has 1 aromatic carbocycles. The third kappa shape index (κ3) is 1.88. The highest BCUT2D eigenvalue weighted by Crippen LogP contribution is 2.33. The molecule has 0 amide bonds. The number of methoxy groups -OCH3 is 1. The quantitative estimate of drug-likeness (QED) is 0.772. The molecule has 0 bridgehead atoms. The Morgan fingerprint density at radius 1 is 1.20 bits per heavy atom. The lowest BCUT2D eigenvalue weighted by Crippen LogP contribution is -1.91. The van der Waals surface area contributed by atoms with Gasteiger partial charge in [0, 0.05) is 11.6 Å². The minimum atomic E-state index is 0.896. The van der Waals surface area contributed by atoms with Gasteiger partial charge in [-0.2, -0.15) is 0 Å². The van der Waals surface area contributed by atoms with E-state index in [1.165, 1.54) is 11.1 Å². The summed E-state index contributed by atoms with van der Waals surface area (Å²) in [5.41, 5.74) is 3.59. The number of aryl methyl sites for hydroxylation is 2. The average molecular weight is 219 g/mol. The van der Waals surface area contributed by atoms with Gasteiger partial charge in [-0.05, 0) is 37.1 Å². The van der Waals surface area contributed by atoms with Gasteiger partial charge in [0.15, 0.2) is 0 Å². The van der Waals surface area contributed by atoms with Crippen LogP contribution in [0.4, 0.5) is 0 Å². The van der Waals surface area contributed by atoms with Crippen LogP contribution < -0.4 is 4.74 Å². The van der Waals surface area contributed by atoms with Crippen LogP contribution in [0.2, 0.25) is 0 Å². The molecule has 3 heteroatoms. The second-order valence-electron chi connectivity index (χ2n) is 3.47. The molecule has 0 spiro atoms. The highest BCUT2D eigenvalue weighted by Gasteiger charge is 2.09. The third-order valence-electron chi connectivity index (χ3n) is 2.48. The maximum Gasteiger partial charge on any atom is 0.129 e. The number of ether oxygens (including phenoxy) is 1. The number of nitrogens with zero attached hydrogens (tertiary/aromatic N) is 1. The minimum absolute atomic E-state index is 0.896. The smallest absolute Gasteiger partial charge is 0.129 e. The Hall–Kier alpha value is -1.35. The van der Waals surface area contributed by atoms with Crippen LogP contribution in [-0.2, 0) is 0 Å². The molecular formula is C12H13NOS. The highest BCUT2D eigenvalue weighted by molar-refractivity contribution is 7.13. The van der Waals surface area contributed by atoms with Crippen LogP contribution in [0.25, 0.3) is 10.6 Å². The summed E-state index contributed by atoms with van der Waals surface area (Å²) in [6.07, 6.45) is 1.81. The molecule has 0 unspecified atom stereocenters. The molecule has 2 rings (SSSR count). The van der Waals surface area contributed by atoms with Gasteiger partial charge < -0.3 is 4.74 Å². The van der Waals surface area contributed by atoms with Gasteiger partial charge in [0.05, 0.1) is 12.7 Å². The predicted molar refractivity (Wildman–Crippen MR) is 63.6 cm³/mol. The number of hydrogen-bond donors (Lipinski definition) is 0. The van der Waals surface area contributed by atoms with Gasteiger partial charge in [-0.1, -0.05) is 0 Å². The predicted octanol–water partition coefficient (Wildman–Crippen LogP) is 3.44. The molecule has 2 nitrogen and oxygen atoms in total. The molecule has 15 heavy (non-hydrogen) atoms. The number of thiazole rings is 1. The van der Waals surface area contributed by atoms with Crippen LogP contribution in [0.3, 0.4) is 0 Å². The summed E-state index contributed by atoms with van der Waals surface area (Å²) in [6.45, 7) is 4.19. The molecule has 0 aliphatic rings. The van der Waals surface area contributed by atoms with Gasteiger partial charge >= 0.3 is 0 Å². The summed E-state index contributed by atoms with van der Waals surface area (Å²) in [5.74, 6) is 0.896. The van der Waals surface area contributed by atoms with Crippen molar-refractivity contribution in [3.8, 4) is 16.3 Å². The summed E-state index contributed by atoms with van der Waals surface area (Å²) in [6, 6.07) is 4.19. The summed E-state index contributed by atoms with van der Waals surface area (Å²) >= 11 is 1.63. The standard InChI is InChI=1S/C12H13NOS/c1-8-6-10(12-13-4-5-15-12)11(14-3)7-9(8)2/h4-7H,1-3H3. The number of benzene rings is 1. The number of rotatable bonds is 2. The second-order valence-corrected chi connectivity index (χ2v) is 4.37. The lowest BCUT2D eigenvalue weighted by Gasteiger charge is -2.09. The Kier molecular flexibility index (Phi) is 2.73. The van der Waals surface area contributed by atoms with Gasteiger partial charge in [-0.25, -0.2) is 4.98 Å². The van der Waals surface area contributed by atoms with E-state index in [9.17, 15) is 0 Å². The Balaban J connectivity index is 2.60. The SMILES string of the molecule is COc1cc(C)c(C)cc1-c1nccs1. The van der Waals surface area contributed by atoms with Crippen molar-refractivity contribution in [1.29, 1.82) is 0 Å². The van der Waals surface area contributed by atoms with Crippen molar-refractivity contribution in [1.82, 2.24) is 4.98 Å². The van der Waals surface area contributed by atoms with Gasteiger partial charge in [-0.3, -0.25) is 0 Å². The Labute approximate surface area is 93.6 Å². The van der Waals surface area contributed by atoms with E-state index in [0.29, 0.717) is 0 Å². The van der Waals surface area contributed by atoms with Crippen LogP contribution in [-0.4, -0.2) is 12.1 Å². The van der Waals surface area contributed by atoms with Crippen molar-refractivity contribution in [2.45, 2.75) is 13.8 Å². The largest absolute Gasteiger partial charge is 0.496 e. The van der Waals surface area contributed by atoms with E-state index in [1.54, 1.807) is 18.4 Å². The minimum Gasteiger partial charge on any atom is -0.496 e. The fourth-order valence-corrected chi connectivity index (χ4v) is 2.14. The van der Waals surface area contributed by atoms with Crippen molar-refractivity contribution in [3.05, 3.63) is 34.8 Å². The van der Waals surface area contributed by atoms with E-state index in [0.717, 1.165) is 16.3 Å². The van der Waals surface area contributed by atoms with Crippen LogP contribution in [0.1, 0.15) is 11.1 Å². The van der Waals surface area contributed by atoms with E-state index in [1.807, 2.05) is 11.6 Å². The number of aromatic nitrogens is 1. The van der Waals surface area contributed by atoms with Crippen molar-refractivity contribution < 1.29 is 4.74 Å². The van der Waals surface area contributed by atoms with Crippen molar-refractivity contribution in [3.63, 3.8) is 0 Å². The Morgan fingerprint density at radius 3 is 2.53 bits per heavy atom. The lowest BCUT2D eigenvalue weighted by atomic mass is 10.1. The molecule has 0 aliphatic carbocycles. The first-order valence-corrected chi connectivity index (χ1v) is 5.65. The molecule has 0 saturated carbocycles. The van der Waals surface area contributed by atoms with E-state index >= 15 is 0 Å². The van der Waals surface area contributed by atoms with E-state index in [2.05, 4.69) is 31.0 Å². The fourth-order valence-electron chi connectivity index (χ4n) is 1.48. The number of hydrogen-bond acceptors (Lipinski definition) is 3. The monoisotopic (exact) mass is 219 g/mol. The zero-order valence-electron chi connectivity index (χ0n) is 9.07. The van der Waals surface area contributed by atoms with Gasteiger partial charge in [0.1, 0.15) is 10.8 Å². The summed E-state index contributed by atoms with van der Waals surface area (Å²) in [4.78, 5) is 4.30. The molecule has 0 N–H and O–H groups in total. The third-order valence-corrected chi connectivity index (χ3v) is 3.28. The zero-order chi connectivity index (χ0) is 10.8. The van der Waals surface area contributed by atoms with E-state index in [-0.39, 0.29) is 0 Å². The van der Waals surface area contributed by atoms with Crippen molar-refractivity contribution >= 4 is 11.3 Å². The molecule has 0 radical (unpaired) electrons. The first-order valence-electron chi connectivity index (χ1n) is 4.77. The second kappa shape index (κ2) is 4.03. The van der Waals surface area contributed by atoms with Crippen LogP contribution >= 0.6 is 11.3 Å². The summed E-state index contributed by atoms with van der Waals surface area (Å²) in [7, 11) is 1.70. The van der Waals surface area contributed by atoms with Crippen molar-refractivity contribution in [2.24, 2.45) is 0 Å². The normalized spacial score (nSPS) is 10.3. The first-order chi connectivity index (χ1) is 7.22. The van der Waals surface area contributed by atoms with E-state index in [4.69, 9.17) is 4.74 Å². The maximum atomic E-state index is 5.37. The maximum absolute atomic E-state index is 5.37. The van der Waals surface area contributed by atoms with Gasteiger partial charge in [-0.15, -0.1) is 11.3 Å². The van der Waals surface area contributed by atoms with Gasteiger partial charge in [0.2, 0.25) is 0 Å². The van der Waals surface area contributed by atoms with E-state index < -0.39 is 0 Å². The summed E-state index contributed by atoms with van der Waals surface area (Å²) < 4.78 is 5.37. The van der Waals surface area contributed by atoms with Crippen molar-refractivity contribution in [2.75, 3.05) is 7.11 Å². The Morgan fingerprint density at radius 2 is 1.93 bits per heavy atom. The fraction of sp³-hybridized carbons (Fsp3) is 0.250. The molecule has 1 heterocycles. The first kappa shape index (κ1) is 10.2. The Bertz CT molecular complexity index is 463. The topological polar surface area (TPSA) is 22.1 Å². The molecule has 0 fully saturated rings. The zero-order valence-corrected chi connectivity index (χ0v) is 9.89. The molecule has 78 valence electrons. The molecule has 0 saturated heterocycles. The molecule has 1 aromatic heterocycles. The summed E-state index contributed by atoms with van der Waals surface area (Å²) in [5, 5.41) is 2.99. The highest BCUT2D eigenvalue weighted by atomic mass is 32.1. The van der Waals surface area contributed by atoms with Gasteiger partial charge in [0.25, 0.3) is 0 Å².